The second-order valence-electron chi connectivity index (χ2n) is 5.59. The second kappa shape index (κ2) is 10.6. The molecule has 0 aliphatic rings. The van der Waals surface area contributed by atoms with Crippen LogP contribution in [0.2, 0.25) is 0 Å². The van der Waals surface area contributed by atoms with Crippen molar-refractivity contribution in [2.24, 2.45) is 0 Å². The first kappa shape index (κ1) is 17.3. The van der Waals surface area contributed by atoms with E-state index >= 15 is 0 Å². The number of nitrogens with one attached hydrogen (secondary N) is 1. The van der Waals surface area contributed by atoms with Crippen LogP contribution in [0.3, 0.4) is 0 Å². The molecule has 0 amide bonds. The van der Waals surface area contributed by atoms with Crippen LogP contribution < -0.4 is 10.1 Å². The van der Waals surface area contributed by atoms with E-state index in [4.69, 9.17) is 4.74 Å². The third-order valence-corrected chi connectivity index (χ3v) is 3.61. The standard InChI is InChI=1S/C21H27NO/c1-2-16-22-17-8-9-18-23-21-13-7-6-12-20(21)15-14-19-10-4-3-5-11-19/h3-7,10-15,22H,2,8-9,16-18H2,1H3. The molecule has 0 aromatic heterocycles. The van der Waals surface area contributed by atoms with Crippen molar-refractivity contribution in [3.8, 4) is 5.75 Å². The van der Waals surface area contributed by atoms with E-state index in [1.54, 1.807) is 0 Å². The fourth-order valence-electron chi connectivity index (χ4n) is 2.34. The summed E-state index contributed by atoms with van der Waals surface area (Å²) in [5.74, 6) is 0.959. The number of unbranched alkanes of at least 4 members (excludes halogenated alkanes) is 1. The maximum atomic E-state index is 5.95. The van der Waals surface area contributed by atoms with E-state index in [1.807, 2.05) is 24.3 Å². The molecule has 0 fully saturated rings. The van der Waals surface area contributed by atoms with E-state index in [9.17, 15) is 0 Å². The van der Waals surface area contributed by atoms with Crippen LogP contribution in [0.5, 0.6) is 5.75 Å². The van der Waals surface area contributed by atoms with Gasteiger partial charge in [-0.25, -0.2) is 0 Å². The molecule has 0 saturated carbocycles. The molecule has 2 nitrogen and oxygen atoms in total. The highest BCUT2D eigenvalue weighted by atomic mass is 16.5. The molecule has 0 aliphatic heterocycles. The fraction of sp³-hybridized carbons (Fsp3) is 0.333. The highest BCUT2D eigenvalue weighted by Crippen LogP contribution is 2.21. The molecule has 23 heavy (non-hydrogen) atoms. The molecule has 2 heteroatoms. The van der Waals surface area contributed by atoms with Crippen molar-refractivity contribution < 1.29 is 4.74 Å². The number of rotatable bonds is 10. The summed E-state index contributed by atoms with van der Waals surface area (Å²) in [6.07, 6.45) is 7.66. The molecule has 1 N–H and O–H groups in total. The summed E-state index contributed by atoms with van der Waals surface area (Å²) in [6, 6.07) is 18.5. The third kappa shape index (κ3) is 6.70. The van der Waals surface area contributed by atoms with Gasteiger partial charge in [-0.05, 0) is 44.0 Å². The van der Waals surface area contributed by atoms with Crippen LogP contribution in [0.4, 0.5) is 0 Å². The van der Waals surface area contributed by atoms with Gasteiger partial charge in [-0.3, -0.25) is 0 Å². The Hall–Kier alpha value is -2.06. The summed E-state index contributed by atoms with van der Waals surface area (Å²) >= 11 is 0. The largest absolute Gasteiger partial charge is 0.493 e. The van der Waals surface area contributed by atoms with Gasteiger partial charge in [0.2, 0.25) is 0 Å². The SMILES string of the molecule is CCCNCCCCOc1ccccc1C=Cc1ccccc1. The van der Waals surface area contributed by atoms with Crippen LogP contribution in [-0.2, 0) is 0 Å². The van der Waals surface area contributed by atoms with Crippen molar-refractivity contribution in [1.29, 1.82) is 0 Å². The Morgan fingerprint density at radius 3 is 2.48 bits per heavy atom. The summed E-state index contributed by atoms with van der Waals surface area (Å²) in [5, 5.41) is 3.42. The Bertz CT molecular complexity index is 577. The van der Waals surface area contributed by atoms with Crippen molar-refractivity contribution in [2.75, 3.05) is 19.7 Å². The van der Waals surface area contributed by atoms with Gasteiger partial charge in [0, 0.05) is 5.56 Å². The zero-order valence-electron chi connectivity index (χ0n) is 14.0. The number of hydrogen-bond donors (Lipinski definition) is 1. The number of para-hydroxylation sites is 1. The first-order valence-corrected chi connectivity index (χ1v) is 8.56. The molecular formula is C21H27NO. The Morgan fingerprint density at radius 1 is 0.870 bits per heavy atom. The first-order chi connectivity index (χ1) is 11.4. The predicted octanol–water partition coefficient (Wildman–Crippen LogP) is 5.02. The molecule has 2 aromatic carbocycles. The van der Waals surface area contributed by atoms with Gasteiger partial charge in [-0.1, -0.05) is 67.6 Å². The first-order valence-electron chi connectivity index (χ1n) is 8.56. The lowest BCUT2D eigenvalue weighted by Crippen LogP contribution is -2.16. The van der Waals surface area contributed by atoms with Gasteiger partial charge in [0.25, 0.3) is 0 Å². The molecule has 0 unspecified atom stereocenters. The fourth-order valence-corrected chi connectivity index (χ4v) is 2.34. The lowest BCUT2D eigenvalue weighted by Gasteiger charge is -2.09. The normalized spacial score (nSPS) is 11.0. The molecule has 0 heterocycles. The average molecular weight is 309 g/mol. The molecule has 0 atom stereocenters. The van der Waals surface area contributed by atoms with Crippen LogP contribution >= 0.6 is 0 Å². The lowest BCUT2D eigenvalue weighted by atomic mass is 10.1. The lowest BCUT2D eigenvalue weighted by molar-refractivity contribution is 0.305. The van der Waals surface area contributed by atoms with Crippen molar-refractivity contribution in [3.63, 3.8) is 0 Å². The van der Waals surface area contributed by atoms with Crippen LogP contribution in [0, 0.1) is 0 Å². The third-order valence-electron chi connectivity index (χ3n) is 3.61. The summed E-state index contributed by atoms with van der Waals surface area (Å²) in [5.41, 5.74) is 2.32. The number of hydrogen-bond acceptors (Lipinski definition) is 2. The van der Waals surface area contributed by atoms with Gasteiger partial charge in [0.05, 0.1) is 6.61 Å². The minimum atomic E-state index is 0.768. The molecule has 0 saturated heterocycles. The second-order valence-corrected chi connectivity index (χ2v) is 5.59. The Balaban J connectivity index is 1.82. The van der Waals surface area contributed by atoms with E-state index in [1.165, 1.54) is 12.0 Å². The molecule has 0 radical (unpaired) electrons. The molecule has 0 spiro atoms. The number of benzene rings is 2. The Kier molecular flexibility index (Phi) is 7.99. The molecule has 2 rings (SSSR count). The van der Waals surface area contributed by atoms with Crippen LogP contribution in [0.15, 0.2) is 54.6 Å². The molecule has 122 valence electrons. The molecule has 0 aliphatic carbocycles. The van der Waals surface area contributed by atoms with Crippen molar-refractivity contribution in [2.45, 2.75) is 26.2 Å². The Labute approximate surface area is 140 Å². The molecule has 2 aromatic rings. The summed E-state index contributed by atoms with van der Waals surface area (Å²) < 4.78 is 5.95. The van der Waals surface area contributed by atoms with E-state index < -0.39 is 0 Å². The van der Waals surface area contributed by atoms with Crippen molar-refractivity contribution in [1.82, 2.24) is 5.32 Å². The Morgan fingerprint density at radius 2 is 1.65 bits per heavy atom. The van der Waals surface area contributed by atoms with Crippen molar-refractivity contribution >= 4 is 12.2 Å². The van der Waals surface area contributed by atoms with Gasteiger partial charge in [0.1, 0.15) is 5.75 Å². The minimum Gasteiger partial charge on any atom is -0.493 e. The highest BCUT2D eigenvalue weighted by molar-refractivity contribution is 5.72. The van der Waals surface area contributed by atoms with Crippen LogP contribution in [-0.4, -0.2) is 19.7 Å². The van der Waals surface area contributed by atoms with Gasteiger partial charge in [-0.2, -0.15) is 0 Å². The summed E-state index contributed by atoms with van der Waals surface area (Å²) in [7, 11) is 0. The van der Waals surface area contributed by atoms with Crippen LogP contribution in [0.1, 0.15) is 37.3 Å². The van der Waals surface area contributed by atoms with Gasteiger partial charge >= 0.3 is 0 Å². The average Bonchev–Trinajstić information content (AvgIpc) is 2.61. The summed E-state index contributed by atoms with van der Waals surface area (Å²) in [6.45, 7) is 5.14. The topological polar surface area (TPSA) is 21.3 Å². The smallest absolute Gasteiger partial charge is 0.126 e. The van der Waals surface area contributed by atoms with Gasteiger partial charge in [0.15, 0.2) is 0 Å². The highest BCUT2D eigenvalue weighted by Gasteiger charge is 1.99. The van der Waals surface area contributed by atoms with Crippen molar-refractivity contribution in [3.05, 3.63) is 65.7 Å². The summed E-state index contributed by atoms with van der Waals surface area (Å²) in [4.78, 5) is 0. The van der Waals surface area contributed by atoms with E-state index in [0.29, 0.717) is 0 Å². The van der Waals surface area contributed by atoms with E-state index in [-0.39, 0.29) is 0 Å². The van der Waals surface area contributed by atoms with Gasteiger partial charge < -0.3 is 10.1 Å². The zero-order chi connectivity index (χ0) is 16.2. The minimum absolute atomic E-state index is 0.768. The van der Waals surface area contributed by atoms with E-state index in [2.05, 4.69) is 54.7 Å². The zero-order valence-corrected chi connectivity index (χ0v) is 14.0. The molecule has 0 bridgehead atoms. The van der Waals surface area contributed by atoms with Crippen LogP contribution in [0.25, 0.3) is 12.2 Å². The van der Waals surface area contributed by atoms with E-state index in [0.717, 1.165) is 43.9 Å². The monoisotopic (exact) mass is 309 g/mol. The maximum absolute atomic E-state index is 5.95. The predicted molar refractivity (Wildman–Crippen MR) is 99.7 cm³/mol. The maximum Gasteiger partial charge on any atom is 0.126 e. The van der Waals surface area contributed by atoms with Gasteiger partial charge in [-0.15, -0.1) is 0 Å². The molecular weight excluding hydrogens is 282 g/mol. The quantitative estimate of drug-likeness (QED) is 0.492. The number of ether oxygens (including phenoxy) is 1.